The van der Waals surface area contributed by atoms with Gasteiger partial charge in [0.15, 0.2) is 0 Å². The number of carboxylic acid groups (broad SMARTS) is 2. The van der Waals surface area contributed by atoms with Gasteiger partial charge in [0.2, 0.25) is 0 Å². The summed E-state index contributed by atoms with van der Waals surface area (Å²) in [5, 5.41) is 24.2. The Bertz CT molecular complexity index is 944. The molecule has 3 N–H and O–H groups in total. The number of benzene rings is 1. The summed E-state index contributed by atoms with van der Waals surface area (Å²) < 4.78 is 64.5. The van der Waals surface area contributed by atoms with Crippen LogP contribution in [0.2, 0.25) is 0 Å². The van der Waals surface area contributed by atoms with Gasteiger partial charge in [-0.2, -0.15) is 26.3 Å². The molecule has 0 bridgehead atoms. The highest BCUT2D eigenvalue weighted by atomic mass is 79.9. The fraction of sp³-hybridized carbons (Fsp3) is 0.350. The number of piperazine rings is 1. The van der Waals surface area contributed by atoms with Crippen LogP contribution in [-0.4, -0.2) is 75.7 Å². The third-order valence-electron chi connectivity index (χ3n) is 4.27. The second-order valence-electron chi connectivity index (χ2n) is 6.83. The van der Waals surface area contributed by atoms with E-state index in [1.807, 2.05) is 30.5 Å². The van der Waals surface area contributed by atoms with Crippen LogP contribution in [0.5, 0.6) is 5.75 Å². The lowest BCUT2D eigenvalue weighted by Gasteiger charge is -2.35. The topological polar surface area (TPSA) is 114 Å². The predicted molar refractivity (Wildman–Crippen MR) is 115 cm³/mol. The minimum absolute atomic E-state index is 0.366. The molecule has 1 aliphatic rings. The minimum atomic E-state index is -5.08. The SMILES string of the molecule is O=C(O)C(F)(F)F.O=C(O)C(F)(F)F.Oc1ccc(Br)cc1CN1CCN(c2ccccn2)CC1. The zero-order chi connectivity index (χ0) is 26.8. The van der Waals surface area contributed by atoms with Crippen molar-refractivity contribution in [3.63, 3.8) is 0 Å². The van der Waals surface area contributed by atoms with E-state index in [4.69, 9.17) is 19.8 Å². The van der Waals surface area contributed by atoms with Gasteiger partial charge in [0.1, 0.15) is 11.6 Å². The van der Waals surface area contributed by atoms with Crippen LogP contribution in [0, 0.1) is 0 Å². The van der Waals surface area contributed by atoms with Crippen LogP contribution < -0.4 is 4.90 Å². The van der Waals surface area contributed by atoms with Gasteiger partial charge in [-0.05, 0) is 30.3 Å². The number of alkyl halides is 6. The summed E-state index contributed by atoms with van der Waals surface area (Å²) in [7, 11) is 0. The Morgan fingerprint density at radius 2 is 1.43 bits per heavy atom. The van der Waals surface area contributed by atoms with Crippen LogP contribution >= 0.6 is 15.9 Å². The van der Waals surface area contributed by atoms with E-state index in [2.05, 4.69) is 36.8 Å². The highest BCUT2D eigenvalue weighted by Gasteiger charge is 2.38. The van der Waals surface area contributed by atoms with E-state index in [0.29, 0.717) is 5.75 Å². The van der Waals surface area contributed by atoms with Crippen molar-refractivity contribution in [1.82, 2.24) is 9.88 Å². The highest BCUT2D eigenvalue weighted by molar-refractivity contribution is 9.10. The molecule has 0 aliphatic carbocycles. The van der Waals surface area contributed by atoms with Gasteiger partial charge in [0.05, 0.1) is 0 Å². The maximum absolute atomic E-state index is 10.6. The molecule has 8 nitrogen and oxygen atoms in total. The number of hydrogen-bond donors (Lipinski definition) is 3. The van der Waals surface area contributed by atoms with Crippen LogP contribution in [0.25, 0.3) is 0 Å². The number of aliphatic carboxylic acids is 2. The first kappa shape index (κ1) is 30.0. The molecule has 194 valence electrons. The number of aromatic nitrogens is 1. The molecule has 15 heteroatoms. The monoisotopic (exact) mass is 575 g/mol. The maximum Gasteiger partial charge on any atom is 0.490 e. The second-order valence-corrected chi connectivity index (χ2v) is 7.75. The Balaban J connectivity index is 0.000000362. The minimum Gasteiger partial charge on any atom is -0.508 e. The summed E-state index contributed by atoms with van der Waals surface area (Å²) in [5.41, 5.74) is 0.968. The molecular formula is C20H20BrF6N3O5. The van der Waals surface area contributed by atoms with E-state index in [0.717, 1.165) is 48.6 Å². The quantitative estimate of drug-likeness (QED) is 0.468. The van der Waals surface area contributed by atoms with Gasteiger partial charge in [0.25, 0.3) is 0 Å². The molecule has 0 atom stereocenters. The van der Waals surface area contributed by atoms with Crippen molar-refractivity contribution in [1.29, 1.82) is 0 Å². The molecular weight excluding hydrogens is 556 g/mol. The van der Waals surface area contributed by atoms with Crippen molar-refractivity contribution >= 4 is 33.7 Å². The molecule has 0 radical (unpaired) electrons. The number of phenols is 1. The summed E-state index contributed by atoms with van der Waals surface area (Å²) >= 11 is 3.46. The summed E-state index contributed by atoms with van der Waals surface area (Å²) in [6, 6.07) is 11.6. The number of aromatic hydroxyl groups is 1. The normalized spacial score (nSPS) is 14.2. The maximum atomic E-state index is 10.6. The molecule has 0 spiro atoms. The van der Waals surface area contributed by atoms with Crippen molar-refractivity contribution < 1.29 is 51.3 Å². The van der Waals surface area contributed by atoms with Gasteiger partial charge in [-0.15, -0.1) is 0 Å². The predicted octanol–water partition coefficient (Wildman–Crippen LogP) is 4.14. The molecule has 0 saturated carbocycles. The third kappa shape index (κ3) is 11.3. The van der Waals surface area contributed by atoms with Gasteiger partial charge in [-0.25, -0.2) is 14.6 Å². The standard InChI is InChI=1S/C16H18BrN3O.2C2HF3O2/c17-14-4-5-15(21)13(11-14)12-19-7-9-20(10-8-19)16-3-1-2-6-18-16;2*3-2(4,5)1(6)7/h1-6,11,21H,7-10,12H2;2*(H,6,7). The number of halogens is 7. The molecule has 3 rings (SSSR count). The molecule has 1 fully saturated rings. The lowest BCUT2D eigenvalue weighted by molar-refractivity contribution is -0.193. The highest BCUT2D eigenvalue weighted by Crippen LogP contribution is 2.24. The molecule has 35 heavy (non-hydrogen) atoms. The largest absolute Gasteiger partial charge is 0.508 e. The number of rotatable bonds is 3. The first-order valence-electron chi connectivity index (χ1n) is 9.57. The summed E-state index contributed by atoms with van der Waals surface area (Å²) in [5.74, 6) is -4.10. The van der Waals surface area contributed by atoms with Crippen LogP contribution in [0.1, 0.15) is 5.56 Å². The van der Waals surface area contributed by atoms with Crippen molar-refractivity contribution in [2.75, 3.05) is 31.1 Å². The van der Waals surface area contributed by atoms with E-state index < -0.39 is 24.3 Å². The smallest absolute Gasteiger partial charge is 0.490 e. The summed E-state index contributed by atoms with van der Waals surface area (Å²) in [6.07, 6.45) is -8.33. The van der Waals surface area contributed by atoms with E-state index >= 15 is 0 Å². The molecule has 1 aliphatic heterocycles. The Morgan fingerprint density at radius 3 is 1.86 bits per heavy atom. The zero-order valence-electron chi connectivity index (χ0n) is 17.7. The van der Waals surface area contributed by atoms with Crippen LogP contribution in [0.15, 0.2) is 47.1 Å². The Morgan fingerprint density at radius 1 is 0.914 bits per heavy atom. The molecule has 1 saturated heterocycles. The fourth-order valence-electron chi connectivity index (χ4n) is 2.60. The number of phenolic OH excluding ortho intramolecular Hbond substituents is 1. The van der Waals surface area contributed by atoms with Gasteiger partial charge in [0, 0.05) is 49.0 Å². The lowest BCUT2D eigenvalue weighted by atomic mass is 10.1. The number of hydrogen-bond acceptors (Lipinski definition) is 6. The molecule has 1 aromatic carbocycles. The Kier molecular flexibility index (Phi) is 11.2. The number of carboxylic acids is 2. The molecule has 1 aromatic heterocycles. The van der Waals surface area contributed by atoms with Crippen molar-refractivity contribution in [2.45, 2.75) is 18.9 Å². The fourth-order valence-corrected chi connectivity index (χ4v) is 3.01. The first-order chi connectivity index (χ1) is 16.1. The number of nitrogens with zero attached hydrogens (tertiary/aromatic N) is 3. The number of carbonyl (C=O) groups is 2. The van der Waals surface area contributed by atoms with Gasteiger partial charge in [-0.3, -0.25) is 4.90 Å². The van der Waals surface area contributed by atoms with E-state index in [-0.39, 0.29) is 0 Å². The van der Waals surface area contributed by atoms with Crippen LogP contribution in [-0.2, 0) is 16.1 Å². The average Bonchev–Trinajstić information content (AvgIpc) is 2.77. The molecule has 0 amide bonds. The van der Waals surface area contributed by atoms with Gasteiger partial charge in [-0.1, -0.05) is 22.0 Å². The van der Waals surface area contributed by atoms with Gasteiger partial charge >= 0.3 is 24.3 Å². The zero-order valence-corrected chi connectivity index (χ0v) is 19.3. The summed E-state index contributed by atoms with van der Waals surface area (Å²) in [6.45, 7) is 4.66. The van der Waals surface area contributed by atoms with Crippen molar-refractivity contribution in [3.05, 3.63) is 52.6 Å². The van der Waals surface area contributed by atoms with Crippen LogP contribution in [0.3, 0.4) is 0 Å². The van der Waals surface area contributed by atoms with Gasteiger partial charge < -0.3 is 20.2 Å². The van der Waals surface area contributed by atoms with E-state index in [1.54, 1.807) is 6.07 Å². The molecule has 2 aromatic rings. The molecule has 2 heterocycles. The van der Waals surface area contributed by atoms with Crippen molar-refractivity contribution in [2.24, 2.45) is 0 Å². The Labute approximate surface area is 203 Å². The molecule has 0 unspecified atom stereocenters. The third-order valence-corrected chi connectivity index (χ3v) is 4.76. The number of pyridine rings is 1. The lowest BCUT2D eigenvalue weighted by Crippen LogP contribution is -2.46. The summed E-state index contributed by atoms with van der Waals surface area (Å²) in [4.78, 5) is 26.9. The first-order valence-corrected chi connectivity index (χ1v) is 10.4. The van der Waals surface area contributed by atoms with E-state index in [1.165, 1.54) is 0 Å². The van der Waals surface area contributed by atoms with Crippen molar-refractivity contribution in [3.8, 4) is 5.75 Å². The average molecular weight is 576 g/mol. The number of anilines is 1. The second kappa shape index (κ2) is 13.1. The Hall–Kier alpha value is -3.07. The van der Waals surface area contributed by atoms with Crippen LogP contribution in [0.4, 0.5) is 32.2 Å². The van der Waals surface area contributed by atoms with E-state index in [9.17, 15) is 31.4 Å².